The number of esters is 1. The molecule has 0 bridgehead atoms. The summed E-state index contributed by atoms with van der Waals surface area (Å²) in [6.45, 7) is 9.26. The number of nitrogens with one attached hydrogen (secondary N) is 2. The van der Waals surface area contributed by atoms with Gasteiger partial charge in [-0.2, -0.15) is 0 Å². The Morgan fingerprint density at radius 2 is 1.73 bits per heavy atom. The smallest absolute Gasteiger partial charge is 0.341 e. The second kappa shape index (κ2) is 10.9. The van der Waals surface area contributed by atoms with E-state index in [1.165, 1.54) is 18.4 Å². The van der Waals surface area contributed by atoms with E-state index in [2.05, 4.69) is 10.6 Å². The zero-order chi connectivity index (χ0) is 22.3. The molecule has 0 atom stereocenters. The van der Waals surface area contributed by atoms with Gasteiger partial charge >= 0.3 is 5.97 Å². The zero-order valence-corrected chi connectivity index (χ0v) is 19.5. The van der Waals surface area contributed by atoms with Gasteiger partial charge in [0, 0.05) is 18.8 Å². The van der Waals surface area contributed by atoms with Crippen LogP contribution in [0.25, 0.3) is 0 Å². The van der Waals surface area contributed by atoms with Crippen LogP contribution < -0.4 is 15.4 Å². The Morgan fingerprint density at radius 3 is 2.27 bits per heavy atom. The Kier molecular flexibility index (Phi) is 8.61. The van der Waals surface area contributed by atoms with Crippen molar-refractivity contribution in [3.05, 3.63) is 40.3 Å². The quantitative estimate of drug-likeness (QED) is 0.453. The summed E-state index contributed by atoms with van der Waals surface area (Å²) in [6.07, 6.45) is 0. The number of anilines is 2. The molecule has 162 valence electrons. The van der Waals surface area contributed by atoms with Crippen LogP contribution in [0, 0.1) is 6.92 Å². The highest BCUT2D eigenvalue weighted by Gasteiger charge is 2.27. The van der Waals surface area contributed by atoms with Gasteiger partial charge in [-0.3, -0.25) is 4.79 Å². The summed E-state index contributed by atoms with van der Waals surface area (Å²) in [5, 5.41) is 6.88. The summed E-state index contributed by atoms with van der Waals surface area (Å²) >= 11 is 6.60. The number of carbonyl (C=O) groups excluding carboxylic acids is 2. The lowest BCUT2D eigenvalue weighted by Gasteiger charge is -2.17. The number of hydrogen-bond acceptors (Lipinski definition) is 6. The van der Waals surface area contributed by atoms with E-state index in [4.69, 9.17) is 21.7 Å². The van der Waals surface area contributed by atoms with Gasteiger partial charge in [-0.05, 0) is 69.7 Å². The van der Waals surface area contributed by atoms with Crippen LogP contribution in [-0.2, 0) is 4.74 Å². The average Bonchev–Trinajstić information content (AvgIpc) is 3.05. The molecule has 2 N–H and O–H groups in total. The van der Waals surface area contributed by atoms with Gasteiger partial charge in [0.25, 0.3) is 5.91 Å². The van der Waals surface area contributed by atoms with E-state index in [-0.39, 0.29) is 5.91 Å². The minimum Gasteiger partial charge on any atom is -0.494 e. The molecule has 30 heavy (non-hydrogen) atoms. The number of carbonyl (C=O) groups is 2. The number of ether oxygens (including phenoxy) is 2. The molecular formula is C21H27N3O4S2. The van der Waals surface area contributed by atoms with E-state index in [1.807, 2.05) is 45.0 Å². The molecule has 1 aromatic carbocycles. The molecule has 0 unspecified atom stereocenters. The summed E-state index contributed by atoms with van der Waals surface area (Å²) in [5.41, 5.74) is 1.66. The van der Waals surface area contributed by atoms with E-state index >= 15 is 0 Å². The SMILES string of the molecule is CCOc1ccc(NC(=S)Nc2sc(C(=O)N(CC)CC)c(C)c2C(=O)OC)cc1. The van der Waals surface area contributed by atoms with Crippen LogP contribution in [0.15, 0.2) is 24.3 Å². The van der Waals surface area contributed by atoms with E-state index in [0.717, 1.165) is 11.4 Å². The molecule has 0 aliphatic rings. The largest absolute Gasteiger partial charge is 0.494 e. The van der Waals surface area contributed by atoms with Gasteiger partial charge < -0.3 is 25.0 Å². The molecule has 1 amide bonds. The molecule has 0 aliphatic carbocycles. The number of amides is 1. The molecule has 0 saturated carbocycles. The van der Waals surface area contributed by atoms with Gasteiger partial charge in [0.05, 0.1) is 24.2 Å². The Bertz CT molecular complexity index is 906. The predicted molar refractivity (Wildman–Crippen MR) is 125 cm³/mol. The Morgan fingerprint density at radius 1 is 1.10 bits per heavy atom. The first-order valence-corrected chi connectivity index (χ1v) is 10.9. The molecule has 0 radical (unpaired) electrons. The van der Waals surface area contributed by atoms with Crippen molar-refractivity contribution in [1.82, 2.24) is 4.90 Å². The van der Waals surface area contributed by atoms with Gasteiger partial charge in [-0.1, -0.05) is 0 Å². The standard InChI is InChI=1S/C21H27N3O4S2/c1-6-24(7-2)19(25)17-13(4)16(20(26)27-5)18(30-17)23-21(29)22-14-9-11-15(12-10-14)28-8-3/h9-12H,6-8H2,1-5H3,(H2,22,23,29). The molecule has 0 saturated heterocycles. The summed E-state index contributed by atoms with van der Waals surface area (Å²) in [4.78, 5) is 27.4. The maximum Gasteiger partial charge on any atom is 0.341 e. The number of benzene rings is 1. The molecule has 7 nitrogen and oxygen atoms in total. The van der Waals surface area contributed by atoms with Crippen LogP contribution in [0.1, 0.15) is 46.4 Å². The highest BCUT2D eigenvalue weighted by molar-refractivity contribution is 7.80. The van der Waals surface area contributed by atoms with Crippen molar-refractivity contribution in [2.75, 3.05) is 37.4 Å². The topological polar surface area (TPSA) is 79.9 Å². The van der Waals surface area contributed by atoms with E-state index in [1.54, 1.807) is 11.8 Å². The van der Waals surface area contributed by atoms with Crippen LogP contribution in [0.5, 0.6) is 5.75 Å². The van der Waals surface area contributed by atoms with Gasteiger partial charge in [0.1, 0.15) is 10.8 Å². The van der Waals surface area contributed by atoms with E-state index in [9.17, 15) is 9.59 Å². The first kappa shape index (κ1) is 23.6. The lowest BCUT2D eigenvalue weighted by atomic mass is 10.1. The molecule has 0 spiro atoms. The number of nitrogens with zero attached hydrogens (tertiary/aromatic N) is 1. The average molecular weight is 450 g/mol. The molecule has 1 aromatic heterocycles. The minimum atomic E-state index is -0.520. The molecule has 0 aliphatic heterocycles. The molecule has 9 heteroatoms. The second-order valence-corrected chi connectivity index (χ2v) is 7.69. The lowest BCUT2D eigenvalue weighted by Crippen LogP contribution is -2.30. The van der Waals surface area contributed by atoms with E-state index < -0.39 is 5.97 Å². The predicted octanol–water partition coefficient (Wildman–Crippen LogP) is 4.53. The first-order chi connectivity index (χ1) is 14.4. The fourth-order valence-corrected chi connectivity index (χ4v) is 4.33. The Hall–Kier alpha value is -2.65. The molecule has 2 aromatic rings. The summed E-state index contributed by atoms with van der Waals surface area (Å²) in [5.74, 6) is 0.128. The molecule has 1 heterocycles. The fourth-order valence-electron chi connectivity index (χ4n) is 2.87. The zero-order valence-electron chi connectivity index (χ0n) is 17.8. The summed E-state index contributed by atoms with van der Waals surface area (Å²) < 4.78 is 10.4. The highest BCUT2D eigenvalue weighted by Crippen LogP contribution is 2.34. The van der Waals surface area contributed by atoms with Gasteiger partial charge in [0.2, 0.25) is 0 Å². The Labute approximate surface area is 186 Å². The third-order valence-corrected chi connectivity index (χ3v) is 5.83. The second-order valence-electron chi connectivity index (χ2n) is 6.27. The number of methoxy groups -OCH3 is 1. The van der Waals surface area contributed by atoms with Gasteiger partial charge in [-0.15, -0.1) is 11.3 Å². The maximum atomic E-state index is 12.9. The van der Waals surface area contributed by atoms with E-state index in [0.29, 0.717) is 45.8 Å². The third-order valence-electron chi connectivity index (χ3n) is 4.43. The normalized spacial score (nSPS) is 10.3. The van der Waals surface area contributed by atoms with Crippen molar-refractivity contribution < 1.29 is 19.1 Å². The lowest BCUT2D eigenvalue weighted by molar-refractivity contribution is 0.0601. The van der Waals surface area contributed by atoms with Crippen molar-refractivity contribution in [1.29, 1.82) is 0 Å². The van der Waals surface area contributed by atoms with Gasteiger partial charge in [-0.25, -0.2) is 4.79 Å². The molecule has 2 rings (SSSR count). The van der Waals surface area contributed by atoms with Crippen molar-refractivity contribution in [2.45, 2.75) is 27.7 Å². The van der Waals surface area contributed by atoms with Crippen molar-refractivity contribution in [2.24, 2.45) is 0 Å². The third kappa shape index (κ3) is 5.48. The van der Waals surface area contributed by atoms with Crippen LogP contribution in [0.3, 0.4) is 0 Å². The monoisotopic (exact) mass is 449 g/mol. The van der Waals surface area contributed by atoms with Crippen LogP contribution in [0.4, 0.5) is 10.7 Å². The molecular weight excluding hydrogens is 422 g/mol. The van der Waals surface area contributed by atoms with Crippen molar-refractivity contribution in [3.8, 4) is 5.75 Å². The highest BCUT2D eigenvalue weighted by atomic mass is 32.1. The fraction of sp³-hybridized carbons (Fsp3) is 0.381. The number of thiophene rings is 1. The van der Waals surface area contributed by atoms with Crippen molar-refractivity contribution in [3.63, 3.8) is 0 Å². The molecule has 0 fully saturated rings. The van der Waals surface area contributed by atoms with Crippen LogP contribution >= 0.6 is 23.6 Å². The van der Waals surface area contributed by atoms with Gasteiger partial charge in [0.15, 0.2) is 5.11 Å². The van der Waals surface area contributed by atoms with Crippen LogP contribution in [0.2, 0.25) is 0 Å². The van der Waals surface area contributed by atoms with Crippen LogP contribution in [-0.4, -0.2) is 48.7 Å². The summed E-state index contributed by atoms with van der Waals surface area (Å²) in [6, 6.07) is 7.36. The number of hydrogen-bond donors (Lipinski definition) is 2. The number of thiocarbonyl (C=S) groups is 1. The minimum absolute atomic E-state index is 0.119. The first-order valence-electron chi connectivity index (χ1n) is 9.67. The Balaban J connectivity index is 2.26. The van der Waals surface area contributed by atoms with Crippen molar-refractivity contribution >= 4 is 51.2 Å². The maximum absolute atomic E-state index is 12.9. The summed E-state index contributed by atoms with van der Waals surface area (Å²) in [7, 11) is 1.31. The number of rotatable bonds is 8.